The lowest BCUT2D eigenvalue weighted by Gasteiger charge is -2.01. The molecular formula is C15H14F2O4. The SMILES string of the molecule is COC(O)C(=O)O.Fc1cccc(-c2cccc(F)c2)c1. The molecule has 2 N–H and O–H groups in total. The molecule has 2 aromatic carbocycles. The van der Waals surface area contributed by atoms with Crippen molar-refractivity contribution >= 4 is 5.97 Å². The highest BCUT2D eigenvalue weighted by Gasteiger charge is 2.08. The van der Waals surface area contributed by atoms with Crippen molar-refractivity contribution in [1.29, 1.82) is 0 Å². The van der Waals surface area contributed by atoms with E-state index in [0.717, 1.165) is 7.11 Å². The Labute approximate surface area is 120 Å². The summed E-state index contributed by atoms with van der Waals surface area (Å²) in [7, 11) is 1.11. The summed E-state index contributed by atoms with van der Waals surface area (Å²) in [6.45, 7) is 0. The highest BCUT2D eigenvalue weighted by atomic mass is 19.1. The number of hydrogen-bond donors (Lipinski definition) is 2. The number of methoxy groups -OCH3 is 1. The first-order valence-electron chi connectivity index (χ1n) is 5.89. The second-order valence-electron chi connectivity index (χ2n) is 3.95. The molecule has 4 nitrogen and oxygen atoms in total. The minimum absolute atomic E-state index is 0.313. The fourth-order valence-corrected chi connectivity index (χ4v) is 1.44. The van der Waals surface area contributed by atoms with Crippen LogP contribution >= 0.6 is 0 Å². The predicted molar refractivity (Wildman–Crippen MR) is 72.4 cm³/mol. The number of aliphatic carboxylic acids is 1. The van der Waals surface area contributed by atoms with E-state index < -0.39 is 12.3 Å². The van der Waals surface area contributed by atoms with E-state index in [1.165, 1.54) is 24.3 Å². The molecule has 0 aromatic heterocycles. The highest BCUT2D eigenvalue weighted by Crippen LogP contribution is 2.20. The lowest BCUT2D eigenvalue weighted by Crippen LogP contribution is -2.20. The van der Waals surface area contributed by atoms with Gasteiger partial charge in [-0.25, -0.2) is 13.6 Å². The Hall–Kier alpha value is -2.31. The summed E-state index contributed by atoms with van der Waals surface area (Å²) in [5, 5.41) is 15.9. The number of carboxylic acids is 1. The molecule has 0 aliphatic rings. The molecular weight excluding hydrogens is 282 g/mol. The number of carbonyl (C=O) groups is 1. The fourth-order valence-electron chi connectivity index (χ4n) is 1.44. The third-order valence-corrected chi connectivity index (χ3v) is 2.42. The molecule has 2 rings (SSSR count). The van der Waals surface area contributed by atoms with E-state index in [1.807, 2.05) is 0 Å². The quantitative estimate of drug-likeness (QED) is 0.855. The smallest absolute Gasteiger partial charge is 0.360 e. The van der Waals surface area contributed by atoms with Gasteiger partial charge in [-0.3, -0.25) is 0 Å². The van der Waals surface area contributed by atoms with Crippen molar-refractivity contribution in [3.05, 3.63) is 60.2 Å². The Bertz CT molecular complexity index is 558. The molecule has 0 radical (unpaired) electrons. The van der Waals surface area contributed by atoms with Crippen LogP contribution in [0.5, 0.6) is 0 Å². The Balaban J connectivity index is 0.000000270. The lowest BCUT2D eigenvalue weighted by atomic mass is 10.1. The maximum atomic E-state index is 12.9. The number of halogens is 2. The minimum Gasteiger partial charge on any atom is -0.477 e. The van der Waals surface area contributed by atoms with Gasteiger partial charge in [-0.1, -0.05) is 24.3 Å². The number of aliphatic hydroxyl groups is 1. The Morgan fingerprint density at radius 1 is 1.05 bits per heavy atom. The van der Waals surface area contributed by atoms with Crippen LogP contribution in [-0.2, 0) is 9.53 Å². The third kappa shape index (κ3) is 5.68. The van der Waals surface area contributed by atoms with Gasteiger partial charge in [0.25, 0.3) is 6.29 Å². The van der Waals surface area contributed by atoms with Gasteiger partial charge in [-0.05, 0) is 35.4 Å². The molecule has 0 saturated carbocycles. The van der Waals surface area contributed by atoms with Crippen molar-refractivity contribution in [3.8, 4) is 11.1 Å². The monoisotopic (exact) mass is 296 g/mol. The van der Waals surface area contributed by atoms with Crippen molar-refractivity contribution in [2.75, 3.05) is 7.11 Å². The molecule has 0 aliphatic carbocycles. The molecule has 1 atom stereocenters. The van der Waals surface area contributed by atoms with Crippen LogP contribution in [0.2, 0.25) is 0 Å². The van der Waals surface area contributed by atoms with Crippen molar-refractivity contribution in [2.45, 2.75) is 6.29 Å². The minimum atomic E-state index is -1.68. The molecule has 2 aromatic rings. The molecule has 0 aliphatic heterocycles. The largest absolute Gasteiger partial charge is 0.477 e. The van der Waals surface area contributed by atoms with Gasteiger partial charge in [0.15, 0.2) is 0 Å². The van der Waals surface area contributed by atoms with Crippen LogP contribution in [0.15, 0.2) is 48.5 Å². The summed E-state index contributed by atoms with van der Waals surface area (Å²) in [6, 6.07) is 12.2. The summed E-state index contributed by atoms with van der Waals surface area (Å²) in [5.74, 6) is -2.00. The summed E-state index contributed by atoms with van der Waals surface area (Å²) in [5.41, 5.74) is 1.37. The second-order valence-corrected chi connectivity index (χ2v) is 3.95. The molecule has 0 heterocycles. The highest BCUT2D eigenvalue weighted by molar-refractivity contribution is 5.70. The van der Waals surface area contributed by atoms with Crippen LogP contribution in [-0.4, -0.2) is 29.6 Å². The zero-order valence-corrected chi connectivity index (χ0v) is 11.2. The maximum absolute atomic E-state index is 12.9. The molecule has 6 heteroatoms. The number of aliphatic hydroxyl groups excluding tert-OH is 1. The predicted octanol–water partition coefficient (Wildman–Crippen LogP) is 2.67. The molecule has 0 bridgehead atoms. The first-order valence-corrected chi connectivity index (χ1v) is 5.89. The Morgan fingerprint density at radius 3 is 1.71 bits per heavy atom. The van der Waals surface area contributed by atoms with E-state index in [9.17, 15) is 13.6 Å². The fraction of sp³-hybridized carbons (Fsp3) is 0.133. The van der Waals surface area contributed by atoms with Crippen molar-refractivity contribution in [1.82, 2.24) is 0 Å². The van der Waals surface area contributed by atoms with Gasteiger partial charge in [0.2, 0.25) is 0 Å². The molecule has 0 saturated heterocycles. The van der Waals surface area contributed by atoms with Crippen LogP contribution in [0.1, 0.15) is 0 Å². The van der Waals surface area contributed by atoms with E-state index in [-0.39, 0.29) is 11.6 Å². The summed E-state index contributed by atoms with van der Waals surface area (Å²) < 4.78 is 29.7. The van der Waals surface area contributed by atoms with E-state index in [2.05, 4.69) is 4.74 Å². The third-order valence-electron chi connectivity index (χ3n) is 2.42. The Morgan fingerprint density at radius 2 is 1.48 bits per heavy atom. The zero-order valence-electron chi connectivity index (χ0n) is 11.2. The van der Waals surface area contributed by atoms with Gasteiger partial charge >= 0.3 is 5.97 Å². The van der Waals surface area contributed by atoms with Crippen LogP contribution in [0.25, 0.3) is 11.1 Å². The normalized spacial score (nSPS) is 11.2. The van der Waals surface area contributed by atoms with Gasteiger partial charge in [0.05, 0.1) is 0 Å². The first-order chi connectivity index (χ1) is 9.93. The van der Waals surface area contributed by atoms with Gasteiger partial charge in [-0.2, -0.15) is 0 Å². The van der Waals surface area contributed by atoms with Crippen molar-refractivity contribution in [3.63, 3.8) is 0 Å². The van der Waals surface area contributed by atoms with Gasteiger partial charge in [0, 0.05) is 7.11 Å². The lowest BCUT2D eigenvalue weighted by molar-refractivity contribution is -0.171. The van der Waals surface area contributed by atoms with Crippen LogP contribution in [0.4, 0.5) is 8.78 Å². The number of ether oxygens (including phenoxy) is 1. The number of carboxylic acid groups (broad SMARTS) is 1. The topological polar surface area (TPSA) is 66.8 Å². The summed E-state index contributed by atoms with van der Waals surface area (Å²) >= 11 is 0. The van der Waals surface area contributed by atoms with Crippen molar-refractivity contribution < 1.29 is 28.5 Å². The number of rotatable bonds is 3. The van der Waals surface area contributed by atoms with Gasteiger partial charge < -0.3 is 14.9 Å². The second kappa shape index (κ2) is 8.08. The van der Waals surface area contributed by atoms with E-state index >= 15 is 0 Å². The summed E-state index contributed by atoms with van der Waals surface area (Å²) in [4.78, 5) is 9.56. The van der Waals surface area contributed by atoms with E-state index in [1.54, 1.807) is 24.3 Å². The van der Waals surface area contributed by atoms with Crippen molar-refractivity contribution in [2.24, 2.45) is 0 Å². The number of benzene rings is 2. The standard InChI is InChI=1S/C12H8F2.C3H6O4/c13-11-5-1-3-9(7-11)10-4-2-6-12(14)8-10;1-7-3(6)2(4)5/h1-8H;3,6H,1H3,(H,4,5). The molecule has 0 amide bonds. The molecule has 112 valence electrons. The van der Waals surface area contributed by atoms with Crippen LogP contribution < -0.4 is 0 Å². The van der Waals surface area contributed by atoms with Crippen LogP contribution in [0, 0.1) is 11.6 Å². The first kappa shape index (κ1) is 16.7. The molecule has 1 unspecified atom stereocenters. The van der Waals surface area contributed by atoms with E-state index in [4.69, 9.17) is 10.2 Å². The average Bonchev–Trinajstić information content (AvgIpc) is 2.47. The van der Waals surface area contributed by atoms with E-state index in [0.29, 0.717) is 11.1 Å². The molecule has 21 heavy (non-hydrogen) atoms. The van der Waals surface area contributed by atoms with Crippen LogP contribution in [0.3, 0.4) is 0 Å². The number of hydrogen-bond acceptors (Lipinski definition) is 3. The molecule has 0 spiro atoms. The average molecular weight is 296 g/mol. The van der Waals surface area contributed by atoms with Gasteiger partial charge in [-0.15, -0.1) is 0 Å². The summed E-state index contributed by atoms with van der Waals surface area (Å²) in [6.07, 6.45) is -1.68. The zero-order chi connectivity index (χ0) is 15.8. The van der Waals surface area contributed by atoms with Gasteiger partial charge in [0.1, 0.15) is 11.6 Å². The maximum Gasteiger partial charge on any atom is 0.360 e. The molecule has 0 fully saturated rings. The Kier molecular flexibility index (Phi) is 6.45.